The molecule has 3 aromatic carbocycles. The molecule has 3 aromatic rings. The number of fused-ring (bicyclic) bond motifs is 1. The van der Waals surface area contributed by atoms with Gasteiger partial charge in [0.2, 0.25) is 0 Å². The third kappa shape index (κ3) is 4.46. The summed E-state index contributed by atoms with van der Waals surface area (Å²) >= 11 is 6.56. The van der Waals surface area contributed by atoms with Crippen molar-refractivity contribution in [3.8, 4) is 0 Å². The fourth-order valence-electron chi connectivity index (χ4n) is 4.78. The van der Waals surface area contributed by atoms with Crippen LogP contribution in [0.1, 0.15) is 45.8 Å². The number of hydrogen-bond donors (Lipinski definition) is 0. The minimum atomic E-state index is -0.195. The number of aryl methyl sites for hydroxylation is 2. The van der Waals surface area contributed by atoms with Crippen molar-refractivity contribution in [3.63, 3.8) is 0 Å². The predicted molar refractivity (Wildman–Crippen MR) is 134 cm³/mol. The molecule has 5 heteroatoms. The maximum atomic E-state index is 13.6. The number of carbonyl (C=O) groups excluding carboxylic acids is 1. The number of hydrazone groups is 1. The van der Waals surface area contributed by atoms with Crippen molar-refractivity contribution in [1.82, 2.24) is 9.91 Å². The van der Waals surface area contributed by atoms with Gasteiger partial charge in [0.05, 0.1) is 18.3 Å². The molecule has 0 aliphatic carbocycles. The zero-order valence-electron chi connectivity index (χ0n) is 19.1. The number of amides is 1. The third-order valence-corrected chi connectivity index (χ3v) is 7.18. The van der Waals surface area contributed by atoms with Crippen LogP contribution in [0, 0.1) is 13.8 Å². The molecule has 0 bridgehead atoms. The third-order valence-electron chi connectivity index (χ3n) is 6.84. The molecule has 0 spiro atoms. The average Bonchev–Trinajstić information content (AvgIpc) is 3.26. The zero-order valence-corrected chi connectivity index (χ0v) is 19.8. The van der Waals surface area contributed by atoms with Crippen molar-refractivity contribution in [2.45, 2.75) is 39.3 Å². The van der Waals surface area contributed by atoms with E-state index in [1.54, 1.807) is 5.01 Å². The first kappa shape index (κ1) is 21.9. The SMILES string of the molecule is Cc1ccc(C2=NN(C(=O)CN3CCc4ccccc4C3)[C@H](c3ccccc3Cl)C2)cc1C. The van der Waals surface area contributed by atoms with Gasteiger partial charge >= 0.3 is 0 Å². The highest BCUT2D eigenvalue weighted by molar-refractivity contribution is 6.31. The van der Waals surface area contributed by atoms with E-state index in [4.69, 9.17) is 16.7 Å². The Morgan fingerprint density at radius 2 is 1.76 bits per heavy atom. The second kappa shape index (κ2) is 9.12. The molecule has 2 aliphatic heterocycles. The van der Waals surface area contributed by atoms with Gasteiger partial charge in [0, 0.05) is 24.5 Å². The first-order chi connectivity index (χ1) is 16.0. The second-order valence-corrected chi connectivity index (χ2v) is 9.46. The van der Waals surface area contributed by atoms with E-state index in [2.05, 4.69) is 61.2 Å². The summed E-state index contributed by atoms with van der Waals surface area (Å²) in [5.41, 5.74) is 8.10. The van der Waals surface area contributed by atoms with Gasteiger partial charge in [-0.3, -0.25) is 9.69 Å². The summed E-state index contributed by atoms with van der Waals surface area (Å²) < 4.78 is 0. The van der Waals surface area contributed by atoms with Crippen molar-refractivity contribution < 1.29 is 4.79 Å². The normalized spacial score (nSPS) is 18.2. The number of halogens is 1. The van der Waals surface area contributed by atoms with Crippen LogP contribution < -0.4 is 0 Å². The molecule has 0 saturated heterocycles. The van der Waals surface area contributed by atoms with Gasteiger partial charge in [0.25, 0.3) is 5.91 Å². The fourth-order valence-corrected chi connectivity index (χ4v) is 5.04. The Morgan fingerprint density at radius 1 is 1.00 bits per heavy atom. The van der Waals surface area contributed by atoms with Crippen molar-refractivity contribution >= 4 is 23.2 Å². The predicted octanol–water partition coefficient (Wildman–Crippen LogP) is 5.69. The molecule has 2 heterocycles. The Labute approximate surface area is 200 Å². The maximum Gasteiger partial charge on any atom is 0.257 e. The van der Waals surface area contributed by atoms with E-state index in [1.165, 1.54) is 22.3 Å². The van der Waals surface area contributed by atoms with Crippen molar-refractivity contribution in [1.29, 1.82) is 0 Å². The molecule has 0 saturated carbocycles. The Bertz CT molecular complexity index is 1240. The maximum absolute atomic E-state index is 13.6. The van der Waals surface area contributed by atoms with E-state index < -0.39 is 0 Å². The number of rotatable bonds is 4. The highest BCUT2D eigenvalue weighted by atomic mass is 35.5. The molecular weight excluding hydrogens is 430 g/mol. The number of nitrogens with zero attached hydrogens (tertiary/aromatic N) is 3. The summed E-state index contributed by atoms with van der Waals surface area (Å²) in [6.07, 6.45) is 1.62. The van der Waals surface area contributed by atoms with Crippen LogP contribution in [-0.2, 0) is 17.8 Å². The second-order valence-electron chi connectivity index (χ2n) is 9.05. The average molecular weight is 458 g/mol. The Balaban J connectivity index is 1.42. The molecule has 0 fully saturated rings. The van der Waals surface area contributed by atoms with Crippen LogP contribution in [-0.4, -0.2) is 34.6 Å². The first-order valence-corrected chi connectivity index (χ1v) is 11.9. The summed E-state index contributed by atoms with van der Waals surface area (Å²) in [6.45, 7) is 6.23. The summed E-state index contributed by atoms with van der Waals surface area (Å²) in [7, 11) is 0. The summed E-state index contributed by atoms with van der Waals surface area (Å²) in [5, 5.41) is 7.20. The minimum absolute atomic E-state index is 0.0122. The van der Waals surface area contributed by atoms with Crippen LogP contribution in [0.3, 0.4) is 0 Å². The van der Waals surface area contributed by atoms with Crippen LogP contribution in [0.4, 0.5) is 0 Å². The van der Waals surface area contributed by atoms with Gasteiger partial charge in [-0.15, -0.1) is 0 Å². The van der Waals surface area contributed by atoms with E-state index >= 15 is 0 Å². The molecule has 1 atom stereocenters. The van der Waals surface area contributed by atoms with E-state index in [1.807, 2.05) is 24.3 Å². The van der Waals surface area contributed by atoms with Gasteiger partial charge in [0.1, 0.15) is 0 Å². The lowest BCUT2D eigenvalue weighted by Crippen LogP contribution is -2.40. The molecule has 4 nitrogen and oxygen atoms in total. The van der Waals surface area contributed by atoms with E-state index in [0.717, 1.165) is 36.3 Å². The highest BCUT2D eigenvalue weighted by Gasteiger charge is 2.35. The number of carbonyl (C=O) groups is 1. The van der Waals surface area contributed by atoms with Crippen LogP contribution in [0.25, 0.3) is 0 Å². The smallest absolute Gasteiger partial charge is 0.257 e. The Hall–Kier alpha value is -2.95. The monoisotopic (exact) mass is 457 g/mol. The molecular formula is C28H28ClN3O. The zero-order chi connectivity index (χ0) is 22.9. The van der Waals surface area contributed by atoms with Gasteiger partial charge in [-0.05, 0) is 65.8 Å². The van der Waals surface area contributed by atoms with Crippen LogP contribution in [0.5, 0.6) is 0 Å². The largest absolute Gasteiger partial charge is 0.290 e. The van der Waals surface area contributed by atoms with Crippen molar-refractivity contribution in [2.24, 2.45) is 5.10 Å². The summed E-state index contributed by atoms with van der Waals surface area (Å²) in [4.78, 5) is 15.8. The van der Waals surface area contributed by atoms with Crippen molar-refractivity contribution in [3.05, 3.63) is 105 Å². The Kier molecular flexibility index (Phi) is 6.05. The molecule has 1 amide bonds. The van der Waals surface area contributed by atoms with Crippen molar-refractivity contribution in [2.75, 3.05) is 13.1 Å². The van der Waals surface area contributed by atoms with Gasteiger partial charge in [-0.25, -0.2) is 5.01 Å². The van der Waals surface area contributed by atoms with E-state index in [9.17, 15) is 4.79 Å². The molecule has 0 unspecified atom stereocenters. The van der Waals surface area contributed by atoms with E-state index in [0.29, 0.717) is 18.0 Å². The minimum Gasteiger partial charge on any atom is -0.290 e. The topological polar surface area (TPSA) is 35.9 Å². The molecule has 33 heavy (non-hydrogen) atoms. The summed E-state index contributed by atoms with van der Waals surface area (Å²) in [6, 6.07) is 22.5. The lowest BCUT2D eigenvalue weighted by Gasteiger charge is -2.30. The van der Waals surface area contributed by atoms with Gasteiger partial charge in [0.15, 0.2) is 0 Å². The lowest BCUT2D eigenvalue weighted by atomic mass is 9.96. The highest BCUT2D eigenvalue weighted by Crippen LogP contribution is 2.36. The van der Waals surface area contributed by atoms with Crippen LogP contribution >= 0.6 is 11.6 Å². The summed E-state index contributed by atoms with van der Waals surface area (Å²) in [5.74, 6) is 0.0122. The molecule has 0 N–H and O–H groups in total. The quantitative estimate of drug-likeness (QED) is 0.504. The van der Waals surface area contributed by atoms with Gasteiger partial charge in [-0.1, -0.05) is 66.2 Å². The molecule has 168 valence electrons. The van der Waals surface area contributed by atoms with Crippen LogP contribution in [0.15, 0.2) is 71.8 Å². The number of hydrogen-bond acceptors (Lipinski definition) is 3. The standard InChI is InChI=1S/C28H28ClN3O/c1-19-11-12-22(15-20(19)2)26-16-27(24-9-5-6-10-25(24)29)32(30-26)28(33)18-31-14-13-21-7-3-4-8-23(21)17-31/h3-12,15,27H,13-14,16-18H2,1-2H3/t27-/m0/s1. The van der Waals surface area contributed by atoms with Gasteiger partial charge < -0.3 is 0 Å². The Morgan fingerprint density at radius 3 is 2.55 bits per heavy atom. The fraction of sp³-hybridized carbons (Fsp3) is 0.286. The van der Waals surface area contributed by atoms with Gasteiger partial charge in [-0.2, -0.15) is 5.10 Å². The molecule has 0 aromatic heterocycles. The lowest BCUT2D eigenvalue weighted by molar-refractivity contribution is -0.134. The first-order valence-electron chi connectivity index (χ1n) is 11.5. The van der Waals surface area contributed by atoms with E-state index in [-0.39, 0.29) is 11.9 Å². The number of benzene rings is 3. The molecule has 0 radical (unpaired) electrons. The van der Waals surface area contributed by atoms with Crippen LogP contribution in [0.2, 0.25) is 5.02 Å². The molecule has 5 rings (SSSR count). The molecule has 2 aliphatic rings.